The van der Waals surface area contributed by atoms with Gasteiger partial charge in [0.2, 0.25) is 6.23 Å². The number of thiophene rings is 2. The number of ether oxygens (including phenoxy) is 1. The van der Waals surface area contributed by atoms with E-state index in [1.54, 1.807) is 22.7 Å². The van der Waals surface area contributed by atoms with E-state index in [1.807, 2.05) is 18.2 Å². The maximum absolute atomic E-state index is 6.28. The second-order valence-corrected chi connectivity index (χ2v) is 8.16. The van der Waals surface area contributed by atoms with Crippen LogP contribution in [0.25, 0.3) is 0 Å². The predicted octanol–water partition coefficient (Wildman–Crippen LogP) is 5.71. The second kappa shape index (κ2) is 5.62. The summed E-state index contributed by atoms with van der Waals surface area (Å²) >= 11 is 9.65. The maximum Gasteiger partial charge on any atom is 0.222 e. The van der Waals surface area contributed by atoms with Crippen molar-refractivity contribution >= 4 is 40.0 Å². The Labute approximate surface area is 152 Å². The van der Waals surface area contributed by atoms with Crippen LogP contribution in [0.3, 0.4) is 0 Å². The number of hydrogen-bond acceptors (Lipinski definition) is 5. The third-order valence-electron chi connectivity index (χ3n) is 4.34. The summed E-state index contributed by atoms with van der Waals surface area (Å²) in [6.45, 7) is 0. The molecule has 6 heteroatoms. The zero-order valence-corrected chi connectivity index (χ0v) is 14.9. The monoisotopic (exact) mass is 372 g/mol. The lowest BCUT2D eigenvalue weighted by Gasteiger charge is -2.37. The lowest BCUT2D eigenvalue weighted by atomic mass is 9.98. The van der Waals surface area contributed by atoms with Gasteiger partial charge in [0.1, 0.15) is 5.75 Å². The average molecular weight is 373 g/mol. The van der Waals surface area contributed by atoms with Crippen molar-refractivity contribution in [2.45, 2.75) is 18.7 Å². The SMILES string of the molecule is Clc1ccc2c(c1)[C@@H]1CC(c3cccs3)=NN1[C@@H](c1cccs1)O2. The lowest BCUT2D eigenvalue weighted by Crippen LogP contribution is -2.33. The molecule has 120 valence electrons. The predicted molar refractivity (Wildman–Crippen MR) is 99.2 cm³/mol. The van der Waals surface area contributed by atoms with Gasteiger partial charge in [0.25, 0.3) is 0 Å². The highest BCUT2D eigenvalue weighted by Gasteiger charge is 2.41. The summed E-state index contributed by atoms with van der Waals surface area (Å²) in [6, 6.07) is 14.4. The van der Waals surface area contributed by atoms with E-state index in [1.165, 1.54) is 4.88 Å². The van der Waals surface area contributed by atoms with Crippen molar-refractivity contribution in [1.29, 1.82) is 0 Å². The van der Waals surface area contributed by atoms with Crippen molar-refractivity contribution in [3.05, 3.63) is 73.6 Å². The number of hydrogen-bond donors (Lipinski definition) is 0. The van der Waals surface area contributed by atoms with Crippen LogP contribution in [0.15, 0.2) is 58.3 Å². The summed E-state index contributed by atoms with van der Waals surface area (Å²) in [5.41, 5.74) is 2.23. The second-order valence-electron chi connectivity index (χ2n) is 5.79. The molecule has 2 aromatic heterocycles. The molecule has 3 aromatic rings. The fourth-order valence-electron chi connectivity index (χ4n) is 3.27. The number of halogens is 1. The van der Waals surface area contributed by atoms with Crippen LogP contribution >= 0.6 is 34.3 Å². The molecule has 5 rings (SSSR count). The zero-order chi connectivity index (χ0) is 16.1. The topological polar surface area (TPSA) is 24.8 Å². The van der Waals surface area contributed by atoms with Crippen molar-refractivity contribution in [2.24, 2.45) is 5.10 Å². The Hall–Kier alpha value is -1.82. The number of nitrogens with zero attached hydrogens (tertiary/aromatic N) is 2. The summed E-state index contributed by atoms with van der Waals surface area (Å²) in [5, 5.41) is 11.9. The number of hydrazone groups is 1. The highest BCUT2D eigenvalue weighted by Crippen LogP contribution is 2.48. The van der Waals surface area contributed by atoms with Crippen molar-refractivity contribution < 1.29 is 4.74 Å². The first-order valence-electron chi connectivity index (χ1n) is 7.69. The van der Waals surface area contributed by atoms with Gasteiger partial charge in [-0.25, -0.2) is 5.01 Å². The van der Waals surface area contributed by atoms with Crippen LogP contribution < -0.4 is 4.74 Å². The molecule has 1 aromatic carbocycles. The Morgan fingerprint density at radius 2 is 2.00 bits per heavy atom. The fourth-order valence-corrected chi connectivity index (χ4v) is 4.91. The van der Waals surface area contributed by atoms with Crippen LogP contribution in [0.2, 0.25) is 5.02 Å². The molecule has 0 aliphatic carbocycles. The Morgan fingerprint density at radius 1 is 1.12 bits per heavy atom. The summed E-state index contributed by atoms with van der Waals surface area (Å²) in [5.74, 6) is 0.904. The molecule has 0 N–H and O–H groups in total. The molecule has 2 atom stereocenters. The zero-order valence-electron chi connectivity index (χ0n) is 12.6. The molecule has 0 unspecified atom stereocenters. The molecular formula is C18H13ClN2OS2. The number of fused-ring (bicyclic) bond motifs is 3. The van der Waals surface area contributed by atoms with Crippen molar-refractivity contribution in [2.75, 3.05) is 0 Å². The van der Waals surface area contributed by atoms with E-state index in [0.717, 1.165) is 33.3 Å². The van der Waals surface area contributed by atoms with Gasteiger partial charge in [0.15, 0.2) is 0 Å². The quantitative estimate of drug-likeness (QED) is 0.576. The lowest BCUT2D eigenvalue weighted by molar-refractivity contribution is -0.0165. The van der Waals surface area contributed by atoms with Gasteiger partial charge in [-0.2, -0.15) is 5.10 Å². The minimum absolute atomic E-state index is 0.164. The summed E-state index contributed by atoms with van der Waals surface area (Å²) in [7, 11) is 0. The Balaban J connectivity index is 1.62. The molecule has 0 bridgehead atoms. The molecular weight excluding hydrogens is 360 g/mol. The fraction of sp³-hybridized carbons (Fsp3) is 0.167. The van der Waals surface area contributed by atoms with Gasteiger partial charge in [-0.3, -0.25) is 0 Å². The van der Waals surface area contributed by atoms with Crippen LogP contribution in [0.1, 0.15) is 34.0 Å². The number of benzene rings is 1. The summed E-state index contributed by atoms with van der Waals surface area (Å²) in [6.07, 6.45) is 0.695. The molecule has 4 heterocycles. The van der Waals surface area contributed by atoms with Gasteiger partial charge >= 0.3 is 0 Å². The molecule has 24 heavy (non-hydrogen) atoms. The van der Waals surface area contributed by atoms with E-state index in [0.29, 0.717) is 0 Å². The van der Waals surface area contributed by atoms with E-state index >= 15 is 0 Å². The van der Waals surface area contributed by atoms with Crippen molar-refractivity contribution in [1.82, 2.24) is 5.01 Å². The Bertz CT molecular complexity index is 905. The first-order chi connectivity index (χ1) is 11.8. The van der Waals surface area contributed by atoms with Gasteiger partial charge in [-0.05, 0) is 41.1 Å². The molecule has 0 fully saturated rings. The largest absolute Gasteiger partial charge is 0.464 e. The molecule has 0 spiro atoms. The van der Waals surface area contributed by atoms with E-state index in [2.05, 4.69) is 40.0 Å². The summed E-state index contributed by atoms with van der Waals surface area (Å²) in [4.78, 5) is 2.38. The van der Waals surface area contributed by atoms with Crippen LogP contribution in [0.4, 0.5) is 0 Å². The van der Waals surface area contributed by atoms with Crippen LogP contribution in [-0.2, 0) is 0 Å². The van der Waals surface area contributed by atoms with Gasteiger partial charge in [-0.15, -0.1) is 22.7 Å². The maximum atomic E-state index is 6.28. The molecule has 0 radical (unpaired) electrons. The van der Waals surface area contributed by atoms with E-state index in [4.69, 9.17) is 21.4 Å². The normalized spacial score (nSPS) is 21.9. The smallest absolute Gasteiger partial charge is 0.222 e. The van der Waals surface area contributed by atoms with Gasteiger partial charge in [-0.1, -0.05) is 23.7 Å². The molecule has 2 aliphatic rings. The van der Waals surface area contributed by atoms with Crippen LogP contribution in [0.5, 0.6) is 5.75 Å². The van der Waals surface area contributed by atoms with Crippen molar-refractivity contribution in [3.63, 3.8) is 0 Å². The van der Waals surface area contributed by atoms with Crippen LogP contribution in [0, 0.1) is 0 Å². The molecule has 0 amide bonds. The average Bonchev–Trinajstić information content (AvgIpc) is 3.33. The van der Waals surface area contributed by atoms with E-state index < -0.39 is 0 Å². The van der Waals surface area contributed by atoms with E-state index in [-0.39, 0.29) is 12.3 Å². The standard InChI is InChI=1S/C18H13ClN2OS2/c19-11-5-6-15-12(9-11)14-10-13(16-3-1-7-23-16)20-21(14)18(22-15)17-4-2-8-24-17/h1-9,14,18H,10H2/t14-,18+/m0/s1. The highest BCUT2D eigenvalue weighted by atomic mass is 35.5. The first-order valence-corrected chi connectivity index (χ1v) is 9.82. The third kappa shape index (κ3) is 2.27. The highest BCUT2D eigenvalue weighted by molar-refractivity contribution is 7.12. The molecule has 2 aliphatic heterocycles. The van der Waals surface area contributed by atoms with Gasteiger partial charge in [0.05, 0.1) is 21.5 Å². The van der Waals surface area contributed by atoms with Gasteiger partial charge in [0, 0.05) is 17.0 Å². The minimum atomic E-state index is -0.180. The van der Waals surface area contributed by atoms with Crippen molar-refractivity contribution in [3.8, 4) is 5.75 Å². The minimum Gasteiger partial charge on any atom is -0.464 e. The summed E-state index contributed by atoms with van der Waals surface area (Å²) < 4.78 is 6.28. The van der Waals surface area contributed by atoms with Crippen LogP contribution in [-0.4, -0.2) is 10.7 Å². The molecule has 0 saturated heterocycles. The third-order valence-corrected chi connectivity index (χ3v) is 6.40. The Morgan fingerprint density at radius 3 is 2.79 bits per heavy atom. The van der Waals surface area contributed by atoms with Gasteiger partial charge < -0.3 is 4.74 Å². The van der Waals surface area contributed by atoms with E-state index in [9.17, 15) is 0 Å². The molecule has 3 nitrogen and oxygen atoms in total. The Kier molecular flexibility index (Phi) is 3.40. The first kappa shape index (κ1) is 14.5. The number of rotatable bonds is 2. The molecule has 0 saturated carbocycles.